The van der Waals surface area contributed by atoms with Gasteiger partial charge in [-0.15, -0.1) is 0 Å². The first kappa shape index (κ1) is 11.6. The molecule has 0 aromatic carbocycles. The molecule has 0 aliphatic heterocycles. The molecule has 0 saturated heterocycles. The van der Waals surface area contributed by atoms with Gasteiger partial charge in [-0.3, -0.25) is 5.10 Å². The van der Waals surface area contributed by atoms with Crippen molar-refractivity contribution in [2.45, 2.75) is 64.5 Å². The Morgan fingerprint density at radius 1 is 1.38 bits per heavy atom. The maximum atomic E-state index is 4.45. The van der Waals surface area contributed by atoms with Gasteiger partial charge in [0, 0.05) is 24.2 Å². The number of rotatable bonds is 4. The monoisotopic (exact) mass is 221 g/mol. The van der Waals surface area contributed by atoms with Crippen molar-refractivity contribution in [1.29, 1.82) is 0 Å². The summed E-state index contributed by atoms with van der Waals surface area (Å²) in [6.07, 6.45) is 6.79. The third-order valence-electron chi connectivity index (χ3n) is 3.37. The van der Waals surface area contributed by atoms with Gasteiger partial charge in [0.25, 0.3) is 0 Å². The fraction of sp³-hybridized carbons (Fsp3) is 0.769. The van der Waals surface area contributed by atoms with E-state index in [4.69, 9.17) is 0 Å². The number of hydrogen-bond donors (Lipinski definition) is 2. The zero-order chi connectivity index (χ0) is 11.4. The van der Waals surface area contributed by atoms with Gasteiger partial charge >= 0.3 is 0 Å². The van der Waals surface area contributed by atoms with Crippen molar-refractivity contribution < 1.29 is 0 Å². The lowest BCUT2D eigenvalue weighted by molar-refractivity contribution is 0.436. The van der Waals surface area contributed by atoms with E-state index < -0.39 is 0 Å². The minimum atomic E-state index is 0.529. The predicted octanol–water partition coefficient (Wildman–Crippen LogP) is 2.96. The summed E-state index contributed by atoms with van der Waals surface area (Å²) in [5, 5.41) is 11.0. The first-order valence-electron chi connectivity index (χ1n) is 6.53. The summed E-state index contributed by atoms with van der Waals surface area (Å²) in [5.74, 6) is 0.706. The second-order valence-corrected chi connectivity index (χ2v) is 5.19. The lowest BCUT2D eigenvalue weighted by atomic mass is 9.87. The van der Waals surface area contributed by atoms with E-state index in [1.807, 2.05) is 0 Å². The fourth-order valence-electron chi connectivity index (χ4n) is 2.39. The van der Waals surface area contributed by atoms with Gasteiger partial charge in [0.05, 0.1) is 5.69 Å². The molecular weight excluding hydrogens is 198 g/mol. The van der Waals surface area contributed by atoms with E-state index in [1.54, 1.807) is 0 Å². The quantitative estimate of drug-likeness (QED) is 0.820. The van der Waals surface area contributed by atoms with E-state index in [0.717, 1.165) is 6.54 Å². The molecule has 0 radical (unpaired) electrons. The third-order valence-corrected chi connectivity index (χ3v) is 3.37. The zero-order valence-electron chi connectivity index (χ0n) is 10.4. The third kappa shape index (κ3) is 3.08. The Bertz CT molecular complexity index is 311. The molecule has 90 valence electrons. The van der Waals surface area contributed by atoms with Gasteiger partial charge in [0.1, 0.15) is 0 Å². The first-order valence-corrected chi connectivity index (χ1v) is 6.53. The Morgan fingerprint density at radius 3 is 2.81 bits per heavy atom. The average molecular weight is 221 g/mol. The summed E-state index contributed by atoms with van der Waals surface area (Å²) in [7, 11) is 0. The second-order valence-electron chi connectivity index (χ2n) is 5.19. The molecule has 2 N–H and O–H groups in total. The number of H-pyrrole nitrogens is 1. The molecule has 0 atom stereocenters. The Kier molecular flexibility index (Phi) is 3.99. The SMILES string of the molecule is CC(C)NCc1cc(C2CCCCC2)n[nH]1. The van der Waals surface area contributed by atoms with E-state index in [9.17, 15) is 0 Å². The molecule has 0 bridgehead atoms. The van der Waals surface area contributed by atoms with Crippen LogP contribution in [0, 0.1) is 0 Å². The molecule has 1 aliphatic carbocycles. The molecule has 1 aromatic heterocycles. The van der Waals surface area contributed by atoms with Crippen molar-refractivity contribution in [3.8, 4) is 0 Å². The molecule has 1 aliphatic rings. The fourth-order valence-corrected chi connectivity index (χ4v) is 2.39. The van der Waals surface area contributed by atoms with Crippen molar-refractivity contribution in [1.82, 2.24) is 15.5 Å². The Balaban J connectivity index is 1.90. The van der Waals surface area contributed by atoms with Crippen LogP contribution in [0.25, 0.3) is 0 Å². The van der Waals surface area contributed by atoms with E-state index in [0.29, 0.717) is 12.0 Å². The van der Waals surface area contributed by atoms with Crippen molar-refractivity contribution in [3.63, 3.8) is 0 Å². The average Bonchev–Trinajstić information content (AvgIpc) is 2.76. The summed E-state index contributed by atoms with van der Waals surface area (Å²) in [5.41, 5.74) is 2.49. The van der Waals surface area contributed by atoms with Crippen LogP contribution in [0.5, 0.6) is 0 Å². The first-order chi connectivity index (χ1) is 7.75. The van der Waals surface area contributed by atoms with E-state index >= 15 is 0 Å². The standard InChI is InChI=1S/C13H23N3/c1-10(2)14-9-12-8-13(16-15-12)11-6-4-3-5-7-11/h8,10-11,14H,3-7,9H2,1-2H3,(H,15,16). The van der Waals surface area contributed by atoms with Crippen LogP contribution in [-0.4, -0.2) is 16.2 Å². The second kappa shape index (κ2) is 5.48. The summed E-state index contributed by atoms with van der Waals surface area (Å²) in [6, 6.07) is 2.77. The molecule has 16 heavy (non-hydrogen) atoms. The van der Waals surface area contributed by atoms with Crippen molar-refractivity contribution in [2.75, 3.05) is 0 Å². The molecule has 1 fully saturated rings. The highest BCUT2D eigenvalue weighted by molar-refractivity contribution is 5.13. The summed E-state index contributed by atoms with van der Waals surface area (Å²) in [6.45, 7) is 5.23. The number of nitrogens with zero attached hydrogens (tertiary/aromatic N) is 1. The number of hydrogen-bond acceptors (Lipinski definition) is 2. The maximum Gasteiger partial charge on any atom is 0.0656 e. The molecule has 0 spiro atoms. The highest BCUT2D eigenvalue weighted by Gasteiger charge is 2.17. The van der Waals surface area contributed by atoms with Gasteiger partial charge in [-0.25, -0.2) is 0 Å². The van der Waals surface area contributed by atoms with E-state index in [-0.39, 0.29) is 0 Å². The largest absolute Gasteiger partial charge is 0.309 e. The lowest BCUT2D eigenvalue weighted by Crippen LogP contribution is -2.21. The minimum absolute atomic E-state index is 0.529. The minimum Gasteiger partial charge on any atom is -0.309 e. The van der Waals surface area contributed by atoms with Crippen LogP contribution in [0.3, 0.4) is 0 Å². The molecule has 2 rings (SSSR count). The molecule has 0 amide bonds. The van der Waals surface area contributed by atoms with Crippen LogP contribution < -0.4 is 5.32 Å². The van der Waals surface area contributed by atoms with Gasteiger partial charge in [0.15, 0.2) is 0 Å². The van der Waals surface area contributed by atoms with Crippen LogP contribution in [-0.2, 0) is 6.54 Å². The van der Waals surface area contributed by atoms with Gasteiger partial charge in [-0.05, 0) is 18.9 Å². The van der Waals surface area contributed by atoms with Crippen LogP contribution in [0.2, 0.25) is 0 Å². The number of aromatic amines is 1. The molecular formula is C13H23N3. The predicted molar refractivity (Wildman–Crippen MR) is 66.4 cm³/mol. The van der Waals surface area contributed by atoms with Gasteiger partial charge < -0.3 is 5.32 Å². The number of aromatic nitrogens is 2. The number of nitrogens with one attached hydrogen (secondary N) is 2. The maximum absolute atomic E-state index is 4.45. The van der Waals surface area contributed by atoms with E-state index in [2.05, 4.69) is 35.4 Å². The molecule has 3 nitrogen and oxygen atoms in total. The van der Waals surface area contributed by atoms with Gasteiger partial charge in [-0.1, -0.05) is 33.1 Å². The van der Waals surface area contributed by atoms with Crippen molar-refractivity contribution in [2.24, 2.45) is 0 Å². The smallest absolute Gasteiger partial charge is 0.0656 e. The Morgan fingerprint density at radius 2 is 2.12 bits per heavy atom. The zero-order valence-corrected chi connectivity index (χ0v) is 10.4. The van der Waals surface area contributed by atoms with Crippen LogP contribution in [0.1, 0.15) is 63.3 Å². The highest BCUT2D eigenvalue weighted by Crippen LogP contribution is 2.31. The van der Waals surface area contributed by atoms with Crippen LogP contribution >= 0.6 is 0 Å². The Hall–Kier alpha value is -0.830. The highest BCUT2D eigenvalue weighted by atomic mass is 15.1. The van der Waals surface area contributed by atoms with Gasteiger partial charge in [-0.2, -0.15) is 5.10 Å². The Labute approximate surface area is 98.0 Å². The van der Waals surface area contributed by atoms with Crippen LogP contribution in [0.4, 0.5) is 0 Å². The molecule has 1 saturated carbocycles. The summed E-state index contributed by atoms with van der Waals surface area (Å²) in [4.78, 5) is 0. The topological polar surface area (TPSA) is 40.7 Å². The van der Waals surface area contributed by atoms with Crippen LogP contribution in [0.15, 0.2) is 6.07 Å². The van der Waals surface area contributed by atoms with Crippen molar-refractivity contribution in [3.05, 3.63) is 17.5 Å². The summed E-state index contributed by atoms with van der Waals surface area (Å²) < 4.78 is 0. The van der Waals surface area contributed by atoms with E-state index in [1.165, 1.54) is 43.5 Å². The normalized spacial score (nSPS) is 18.2. The molecule has 3 heteroatoms. The van der Waals surface area contributed by atoms with Gasteiger partial charge in [0.2, 0.25) is 0 Å². The molecule has 1 aromatic rings. The molecule has 1 heterocycles. The van der Waals surface area contributed by atoms with Crippen molar-refractivity contribution >= 4 is 0 Å². The summed E-state index contributed by atoms with van der Waals surface area (Å²) >= 11 is 0. The molecule has 0 unspecified atom stereocenters. The lowest BCUT2D eigenvalue weighted by Gasteiger charge is -2.19.